The summed E-state index contributed by atoms with van der Waals surface area (Å²) in [4.78, 5) is 24.1. The quantitative estimate of drug-likeness (QED) is 0.321. The standard InChI is InChI=1S/C26H38N2O3/c1-4-5-6-7-8-9-10-11-12-13-17-27-26(31)22-18-19(2)24-21(25(22)30)15-14-16-23(24)28-20(3)29/h14-16,18,30H,4-13,17H2,1-3H3,(H,27,31)(H,28,29). The Bertz CT molecular complexity index is 877. The molecule has 2 amide bonds. The highest BCUT2D eigenvalue weighted by Gasteiger charge is 2.17. The number of nitrogens with one attached hydrogen (secondary N) is 2. The minimum Gasteiger partial charge on any atom is -0.506 e. The number of carbonyl (C=O) groups excluding carboxylic acids is 2. The highest BCUT2D eigenvalue weighted by atomic mass is 16.3. The van der Waals surface area contributed by atoms with Crippen molar-refractivity contribution in [3.63, 3.8) is 0 Å². The first-order valence-electron chi connectivity index (χ1n) is 11.8. The number of aromatic hydroxyl groups is 1. The Morgan fingerprint density at radius 3 is 2.16 bits per heavy atom. The molecule has 170 valence electrons. The molecule has 0 aliphatic heterocycles. The molecule has 0 bridgehead atoms. The number of carbonyl (C=O) groups is 2. The van der Waals surface area contributed by atoms with Gasteiger partial charge in [0.05, 0.1) is 5.56 Å². The summed E-state index contributed by atoms with van der Waals surface area (Å²) in [5.41, 5.74) is 1.74. The molecule has 5 nitrogen and oxygen atoms in total. The maximum absolute atomic E-state index is 12.6. The highest BCUT2D eigenvalue weighted by Crippen LogP contribution is 2.35. The number of hydrogen-bond donors (Lipinski definition) is 3. The van der Waals surface area contributed by atoms with Crippen LogP contribution in [0.4, 0.5) is 5.69 Å². The molecule has 0 atom stereocenters. The van der Waals surface area contributed by atoms with Gasteiger partial charge in [-0.1, -0.05) is 76.8 Å². The van der Waals surface area contributed by atoms with E-state index in [4.69, 9.17) is 0 Å². The molecule has 2 aromatic carbocycles. The lowest BCUT2D eigenvalue weighted by Crippen LogP contribution is -2.24. The Morgan fingerprint density at radius 1 is 0.935 bits per heavy atom. The second-order valence-electron chi connectivity index (χ2n) is 8.44. The molecule has 0 saturated heterocycles. The molecule has 0 aliphatic rings. The van der Waals surface area contributed by atoms with Gasteiger partial charge < -0.3 is 15.7 Å². The van der Waals surface area contributed by atoms with Gasteiger partial charge in [-0.2, -0.15) is 0 Å². The topological polar surface area (TPSA) is 78.4 Å². The number of hydrogen-bond acceptors (Lipinski definition) is 3. The van der Waals surface area contributed by atoms with Gasteiger partial charge in [-0.15, -0.1) is 0 Å². The predicted molar refractivity (Wildman–Crippen MR) is 129 cm³/mol. The van der Waals surface area contributed by atoms with E-state index in [-0.39, 0.29) is 23.1 Å². The van der Waals surface area contributed by atoms with Crippen molar-refractivity contribution in [1.82, 2.24) is 5.32 Å². The molecular weight excluding hydrogens is 388 g/mol. The minimum atomic E-state index is -0.261. The lowest BCUT2D eigenvalue weighted by atomic mass is 9.98. The van der Waals surface area contributed by atoms with Crippen molar-refractivity contribution in [2.75, 3.05) is 11.9 Å². The van der Waals surface area contributed by atoms with Crippen molar-refractivity contribution in [3.8, 4) is 5.75 Å². The van der Waals surface area contributed by atoms with E-state index in [1.165, 1.54) is 58.3 Å². The van der Waals surface area contributed by atoms with Crippen LogP contribution in [0.25, 0.3) is 10.8 Å². The van der Waals surface area contributed by atoms with Gasteiger partial charge in [0, 0.05) is 29.9 Å². The number of rotatable bonds is 13. The summed E-state index contributed by atoms with van der Waals surface area (Å²) in [5, 5.41) is 17.7. The summed E-state index contributed by atoms with van der Waals surface area (Å²) in [7, 11) is 0. The van der Waals surface area contributed by atoms with Crippen molar-refractivity contribution in [2.24, 2.45) is 0 Å². The molecule has 2 aromatic rings. The zero-order valence-electron chi connectivity index (χ0n) is 19.4. The average Bonchev–Trinajstić information content (AvgIpc) is 2.74. The van der Waals surface area contributed by atoms with Crippen molar-refractivity contribution in [2.45, 2.75) is 85.0 Å². The second-order valence-corrected chi connectivity index (χ2v) is 8.44. The number of fused-ring (bicyclic) bond motifs is 1. The van der Waals surface area contributed by atoms with Crippen LogP contribution >= 0.6 is 0 Å². The molecule has 0 unspecified atom stereocenters. The second kappa shape index (κ2) is 13.0. The van der Waals surface area contributed by atoms with Gasteiger partial charge in [-0.3, -0.25) is 9.59 Å². The minimum absolute atomic E-state index is 0.0478. The average molecular weight is 427 g/mol. The predicted octanol–water partition coefficient (Wildman–Crippen LogP) is 6.46. The molecule has 0 saturated carbocycles. The lowest BCUT2D eigenvalue weighted by molar-refractivity contribution is -0.114. The Balaban J connectivity index is 1.84. The van der Waals surface area contributed by atoms with E-state index >= 15 is 0 Å². The van der Waals surface area contributed by atoms with Gasteiger partial charge in [0.15, 0.2) is 0 Å². The normalized spacial score (nSPS) is 10.9. The summed E-state index contributed by atoms with van der Waals surface area (Å²) in [6.07, 6.45) is 12.5. The molecule has 2 rings (SSSR count). The Hall–Kier alpha value is -2.56. The molecule has 0 fully saturated rings. The fourth-order valence-corrected chi connectivity index (χ4v) is 4.05. The number of aryl methyl sites for hydroxylation is 1. The van der Waals surface area contributed by atoms with Crippen LogP contribution in [-0.2, 0) is 4.79 Å². The molecule has 5 heteroatoms. The van der Waals surface area contributed by atoms with Gasteiger partial charge >= 0.3 is 0 Å². The van der Waals surface area contributed by atoms with Crippen LogP contribution < -0.4 is 10.6 Å². The number of anilines is 1. The first kappa shape index (κ1) is 24.7. The molecule has 0 heterocycles. The van der Waals surface area contributed by atoms with Gasteiger partial charge in [-0.25, -0.2) is 0 Å². The van der Waals surface area contributed by atoms with E-state index in [1.54, 1.807) is 24.3 Å². The van der Waals surface area contributed by atoms with Crippen LogP contribution in [0.5, 0.6) is 5.75 Å². The lowest BCUT2D eigenvalue weighted by Gasteiger charge is -2.14. The highest BCUT2D eigenvalue weighted by molar-refractivity contribution is 6.10. The van der Waals surface area contributed by atoms with Gasteiger partial charge in [0.2, 0.25) is 5.91 Å². The van der Waals surface area contributed by atoms with E-state index in [0.29, 0.717) is 17.6 Å². The third kappa shape index (κ3) is 7.57. The maximum atomic E-state index is 12.6. The zero-order chi connectivity index (χ0) is 22.6. The van der Waals surface area contributed by atoms with Crippen LogP contribution in [0, 0.1) is 6.92 Å². The molecule has 31 heavy (non-hydrogen) atoms. The molecule has 3 N–H and O–H groups in total. The first-order chi connectivity index (χ1) is 15.0. The van der Waals surface area contributed by atoms with E-state index in [0.717, 1.165) is 23.8 Å². The van der Waals surface area contributed by atoms with Crippen molar-refractivity contribution < 1.29 is 14.7 Å². The summed E-state index contributed by atoms with van der Waals surface area (Å²) < 4.78 is 0. The molecule has 0 aliphatic carbocycles. The molecule has 0 radical (unpaired) electrons. The fraction of sp³-hybridized carbons (Fsp3) is 0.538. The van der Waals surface area contributed by atoms with E-state index in [2.05, 4.69) is 17.6 Å². The summed E-state index contributed by atoms with van der Waals surface area (Å²) in [5.74, 6) is -0.485. The molecular formula is C26H38N2O3. The van der Waals surface area contributed by atoms with Gasteiger partial charge in [-0.05, 0) is 31.0 Å². The fourth-order valence-electron chi connectivity index (χ4n) is 4.05. The number of amides is 2. The molecule has 0 aromatic heterocycles. The van der Waals surface area contributed by atoms with Gasteiger partial charge in [0.25, 0.3) is 5.91 Å². The summed E-state index contributed by atoms with van der Waals surface area (Å²) in [6, 6.07) is 7.01. The first-order valence-corrected chi connectivity index (χ1v) is 11.8. The van der Waals surface area contributed by atoms with E-state index < -0.39 is 0 Å². The number of phenolic OH excluding ortho intramolecular Hbond substituents is 1. The van der Waals surface area contributed by atoms with Crippen molar-refractivity contribution in [1.29, 1.82) is 0 Å². The molecule has 0 spiro atoms. The van der Waals surface area contributed by atoms with Gasteiger partial charge in [0.1, 0.15) is 5.75 Å². The van der Waals surface area contributed by atoms with Crippen LogP contribution in [0.2, 0.25) is 0 Å². The van der Waals surface area contributed by atoms with Crippen LogP contribution in [-0.4, -0.2) is 23.5 Å². The van der Waals surface area contributed by atoms with Crippen LogP contribution in [0.15, 0.2) is 24.3 Å². The summed E-state index contributed by atoms with van der Waals surface area (Å²) >= 11 is 0. The monoisotopic (exact) mass is 426 g/mol. The smallest absolute Gasteiger partial charge is 0.255 e. The Labute approximate surface area is 186 Å². The van der Waals surface area contributed by atoms with Crippen LogP contribution in [0.3, 0.4) is 0 Å². The number of unbranched alkanes of at least 4 members (excludes halogenated alkanes) is 9. The summed E-state index contributed by atoms with van der Waals surface area (Å²) in [6.45, 7) is 6.18. The van der Waals surface area contributed by atoms with E-state index in [9.17, 15) is 14.7 Å². The third-order valence-corrected chi connectivity index (χ3v) is 5.70. The largest absolute Gasteiger partial charge is 0.506 e. The van der Waals surface area contributed by atoms with Crippen molar-refractivity contribution >= 4 is 28.3 Å². The van der Waals surface area contributed by atoms with E-state index in [1.807, 2.05) is 6.92 Å². The van der Waals surface area contributed by atoms with Crippen molar-refractivity contribution in [3.05, 3.63) is 35.4 Å². The number of phenols is 1. The number of benzene rings is 2. The Kier molecular flexibility index (Phi) is 10.3. The third-order valence-electron chi connectivity index (χ3n) is 5.70. The zero-order valence-corrected chi connectivity index (χ0v) is 19.4. The maximum Gasteiger partial charge on any atom is 0.255 e. The van der Waals surface area contributed by atoms with Crippen LogP contribution in [0.1, 0.15) is 94.0 Å². The Morgan fingerprint density at radius 2 is 1.55 bits per heavy atom. The SMILES string of the molecule is CCCCCCCCCCCCNC(=O)c1cc(C)c2c(NC(C)=O)cccc2c1O.